The molecular formula is C21H24N2O2. The fourth-order valence-electron chi connectivity index (χ4n) is 3.28. The molecule has 4 nitrogen and oxygen atoms in total. The number of anilines is 1. The molecule has 25 heavy (non-hydrogen) atoms. The summed E-state index contributed by atoms with van der Waals surface area (Å²) in [5, 5.41) is 3.04. The first-order valence-corrected chi connectivity index (χ1v) is 8.68. The first-order chi connectivity index (χ1) is 12.0. The maximum absolute atomic E-state index is 12.6. The molecule has 4 heteroatoms. The Balaban J connectivity index is 1.69. The second-order valence-electron chi connectivity index (χ2n) is 6.84. The summed E-state index contributed by atoms with van der Waals surface area (Å²) >= 11 is 0. The van der Waals surface area contributed by atoms with Gasteiger partial charge in [-0.3, -0.25) is 9.59 Å². The molecule has 0 spiro atoms. The van der Waals surface area contributed by atoms with Gasteiger partial charge in [-0.2, -0.15) is 0 Å². The van der Waals surface area contributed by atoms with Crippen LogP contribution in [-0.2, 0) is 9.59 Å². The third-order valence-corrected chi connectivity index (χ3v) is 4.81. The van der Waals surface area contributed by atoms with Gasteiger partial charge in [0.15, 0.2) is 0 Å². The molecule has 1 saturated heterocycles. The van der Waals surface area contributed by atoms with Crippen LogP contribution in [0.5, 0.6) is 0 Å². The van der Waals surface area contributed by atoms with Crippen LogP contribution in [0.2, 0.25) is 0 Å². The maximum atomic E-state index is 12.6. The number of nitrogens with one attached hydrogen (secondary N) is 1. The average Bonchev–Trinajstić information content (AvgIpc) is 2.99. The number of rotatable bonds is 4. The number of carbonyl (C=O) groups excluding carboxylic acids is 2. The van der Waals surface area contributed by atoms with Crippen molar-refractivity contribution in [3.8, 4) is 0 Å². The number of benzene rings is 2. The minimum atomic E-state index is -0.307. The number of hydrogen-bond donors (Lipinski definition) is 1. The molecule has 1 aliphatic heterocycles. The van der Waals surface area contributed by atoms with Gasteiger partial charge in [0.25, 0.3) is 0 Å². The largest absolute Gasteiger partial charge is 0.349 e. The summed E-state index contributed by atoms with van der Waals surface area (Å²) in [7, 11) is 0. The van der Waals surface area contributed by atoms with E-state index in [1.807, 2.05) is 69.3 Å². The Morgan fingerprint density at radius 2 is 1.88 bits per heavy atom. The summed E-state index contributed by atoms with van der Waals surface area (Å²) < 4.78 is 0. The second kappa shape index (κ2) is 7.09. The quantitative estimate of drug-likeness (QED) is 0.928. The van der Waals surface area contributed by atoms with E-state index in [2.05, 4.69) is 5.32 Å². The predicted octanol–water partition coefficient (Wildman–Crippen LogP) is 3.53. The van der Waals surface area contributed by atoms with E-state index in [0.29, 0.717) is 6.54 Å². The minimum Gasteiger partial charge on any atom is -0.349 e. The molecule has 0 aliphatic carbocycles. The van der Waals surface area contributed by atoms with Crippen LogP contribution in [0.3, 0.4) is 0 Å². The molecule has 1 N–H and O–H groups in total. The van der Waals surface area contributed by atoms with Crippen molar-refractivity contribution in [3.05, 3.63) is 65.2 Å². The van der Waals surface area contributed by atoms with Gasteiger partial charge in [-0.1, -0.05) is 42.5 Å². The average molecular weight is 336 g/mol. The van der Waals surface area contributed by atoms with Crippen LogP contribution in [0.25, 0.3) is 0 Å². The summed E-state index contributed by atoms with van der Waals surface area (Å²) in [5.74, 6) is -0.350. The van der Waals surface area contributed by atoms with E-state index in [0.717, 1.165) is 22.4 Å². The molecule has 1 fully saturated rings. The zero-order valence-electron chi connectivity index (χ0n) is 15.0. The Hall–Kier alpha value is -2.62. The van der Waals surface area contributed by atoms with Crippen molar-refractivity contribution >= 4 is 17.5 Å². The summed E-state index contributed by atoms with van der Waals surface area (Å²) in [6, 6.07) is 15.8. The number of amides is 2. The molecule has 0 radical (unpaired) electrons. The van der Waals surface area contributed by atoms with Crippen molar-refractivity contribution in [2.24, 2.45) is 5.92 Å². The molecule has 2 amide bonds. The van der Waals surface area contributed by atoms with Crippen LogP contribution in [0.1, 0.15) is 36.1 Å². The van der Waals surface area contributed by atoms with Crippen LogP contribution < -0.4 is 10.2 Å². The van der Waals surface area contributed by atoms with Crippen LogP contribution in [0.15, 0.2) is 48.5 Å². The molecule has 130 valence electrons. The van der Waals surface area contributed by atoms with Crippen molar-refractivity contribution in [1.82, 2.24) is 5.32 Å². The Morgan fingerprint density at radius 3 is 2.60 bits per heavy atom. The highest BCUT2D eigenvalue weighted by Gasteiger charge is 2.36. The molecule has 2 atom stereocenters. The maximum Gasteiger partial charge on any atom is 0.227 e. The van der Waals surface area contributed by atoms with E-state index in [1.54, 1.807) is 4.90 Å². The van der Waals surface area contributed by atoms with Crippen molar-refractivity contribution in [2.45, 2.75) is 33.2 Å². The van der Waals surface area contributed by atoms with Gasteiger partial charge in [0, 0.05) is 18.7 Å². The van der Waals surface area contributed by atoms with Crippen LogP contribution in [0, 0.1) is 19.8 Å². The van der Waals surface area contributed by atoms with Crippen LogP contribution >= 0.6 is 0 Å². The monoisotopic (exact) mass is 336 g/mol. The van der Waals surface area contributed by atoms with Gasteiger partial charge >= 0.3 is 0 Å². The fraction of sp³-hybridized carbons (Fsp3) is 0.333. The van der Waals surface area contributed by atoms with E-state index < -0.39 is 0 Å². The van der Waals surface area contributed by atoms with Gasteiger partial charge in [0.1, 0.15) is 0 Å². The molecule has 3 rings (SSSR count). The first-order valence-electron chi connectivity index (χ1n) is 8.68. The Labute approximate surface area is 148 Å². The summed E-state index contributed by atoms with van der Waals surface area (Å²) in [6.45, 7) is 6.41. The van der Waals surface area contributed by atoms with E-state index in [9.17, 15) is 9.59 Å². The van der Waals surface area contributed by atoms with E-state index in [4.69, 9.17) is 0 Å². The van der Waals surface area contributed by atoms with Crippen molar-refractivity contribution in [2.75, 3.05) is 11.4 Å². The Kier molecular flexibility index (Phi) is 4.88. The zero-order valence-corrected chi connectivity index (χ0v) is 15.0. The standard InChI is InChI=1S/C21H24N2O2/c1-14-9-10-15(2)19(11-14)23-13-18(12-20(23)24)21(25)22-16(3)17-7-5-4-6-8-17/h4-11,16,18H,12-13H2,1-3H3,(H,22,25)/t16-,18-/m1/s1. The third kappa shape index (κ3) is 3.73. The highest BCUT2D eigenvalue weighted by atomic mass is 16.2. The summed E-state index contributed by atoms with van der Waals surface area (Å²) in [6.07, 6.45) is 0.265. The molecule has 0 bridgehead atoms. The molecule has 0 aromatic heterocycles. The van der Waals surface area contributed by atoms with Gasteiger partial charge in [0.2, 0.25) is 11.8 Å². The van der Waals surface area contributed by atoms with Crippen molar-refractivity contribution in [1.29, 1.82) is 0 Å². The van der Waals surface area contributed by atoms with Crippen molar-refractivity contribution in [3.63, 3.8) is 0 Å². The smallest absolute Gasteiger partial charge is 0.227 e. The van der Waals surface area contributed by atoms with Gasteiger partial charge < -0.3 is 10.2 Å². The topological polar surface area (TPSA) is 49.4 Å². The van der Waals surface area contributed by atoms with Gasteiger partial charge in [-0.25, -0.2) is 0 Å². The summed E-state index contributed by atoms with van der Waals surface area (Å²) in [5.41, 5.74) is 4.14. The van der Waals surface area contributed by atoms with Gasteiger partial charge in [-0.15, -0.1) is 0 Å². The number of hydrogen-bond acceptors (Lipinski definition) is 2. The fourth-order valence-corrected chi connectivity index (χ4v) is 3.28. The number of nitrogens with zero attached hydrogens (tertiary/aromatic N) is 1. The summed E-state index contributed by atoms with van der Waals surface area (Å²) in [4.78, 5) is 26.8. The molecule has 0 saturated carbocycles. The van der Waals surface area contributed by atoms with E-state index in [1.165, 1.54) is 0 Å². The van der Waals surface area contributed by atoms with E-state index in [-0.39, 0.29) is 30.2 Å². The molecule has 0 unspecified atom stereocenters. The molecule has 1 heterocycles. The molecular weight excluding hydrogens is 312 g/mol. The number of aryl methyl sites for hydroxylation is 2. The lowest BCUT2D eigenvalue weighted by Crippen LogP contribution is -2.34. The minimum absolute atomic E-state index is 0.0150. The Bertz CT molecular complexity index is 786. The Morgan fingerprint density at radius 1 is 1.16 bits per heavy atom. The molecule has 2 aromatic carbocycles. The van der Waals surface area contributed by atoms with E-state index >= 15 is 0 Å². The van der Waals surface area contributed by atoms with Gasteiger partial charge in [-0.05, 0) is 43.5 Å². The highest BCUT2D eigenvalue weighted by Crippen LogP contribution is 2.29. The van der Waals surface area contributed by atoms with Crippen LogP contribution in [0.4, 0.5) is 5.69 Å². The number of carbonyl (C=O) groups is 2. The van der Waals surface area contributed by atoms with Gasteiger partial charge in [0.05, 0.1) is 12.0 Å². The highest BCUT2D eigenvalue weighted by molar-refractivity contribution is 6.00. The lowest BCUT2D eigenvalue weighted by molar-refractivity contribution is -0.126. The zero-order chi connectivity index (χ0) is 18.0. The normalized spacial score (nSPS) is 18.3. The SMILES string of the molecule is Cc1ccc(C)c(N2C[C@H](C(=O)N[C@H](C)c3ccccc3)CC2=O)c1. The molecule has 1 aliphatic rings. The first kappa shape index (κ1) is 17.2. The molecule has 2 aromatic rings. The second-order valence-corrected chi connectivity index (χ2v) is 6.84. The van der Waals surface area contributed by atoms with Crippen molar-refractivity contribution < 1.29 is 9.59 Å². The van der Waals surface area contributed by atoms with Crippen LogP contribution in [-0.4, -0.2) is 18.4 Å². The lowest BCUT2D eigenvalue weighted by atomic mass is 10.0. The predicted molar refractivity (Wildman–Crippen MR) is 99.4 cm³/mol. The third-order valence-electron chi connectivity index (χ3n) is 4.81. The lowest BCUT2D eigenvalue weighted by Gasteiger charge is -2.20.